The lowest BCUT2D eigenvalue weighted by atomic mass is 10.2. The number of aryl methyl sites for hydroxylation is 1. The third kappa shape index (κ3) is 5.37. The second-order valence-corrected chi connectivity index (χ2v) is 8.68. The van der Waals surface area contributed by atoms with E-state index in [9.17, 15) is 13.5 Å². The first kappa shape index (κ1) is 20.0. The lowest BCUT2D eigenvalue weighted by Crippen LogP contribution is -2.40. The van der Waals surface area contributed by atoms with Crippen LogP contribution < -0.4 is 0 Å². The van der Waals surface area contributed by atoms with Gasteiger partial charge >= 0.3 is 0 Å². The fourth-order valence-corrected chi connectivity index (χ4v) is 4.44. The number of aliphatic hydroxyl groups excluding tert-OH is 1. The summed E-state index contributed by atoms with van der Waals surface area (Å²) < 4.78 is 38.6. The monoisotopic (exact) mass is 391 g/mol. The molecule has 0 bridgehead atoms. The zero-order valence-corrected chi connectivity index (χ0v) is 16.1. The van der Waals surface area contributed by atoms with E-state index in [0.29, 0.717) is 6.61 Å². The van der Waals surface area contributed by atoms with Gasteiger partial charge < -0.3 is 14.6 Å². The number of hydrogen-bond acceptors (Lipinski definition) is 5. The van der Waals surface area contributed by atoms with Crippen molar-refractivity contribution in [3.63, 3.8) is 0 Å². The minimum atomic E-state index is -3.71. The fraction of sp³-hybridized carbons (Fsp3) is 0.400. The zero-order valence-electron chi connectivity index (χ0n) is 15.3. The van der Waals surface area contributed by atoms with Crippen LogP contribution in [-0.2, 0) is 26.1 Å². The third-order valence-corrected chi connectivity index (χ3v) is 6.27. The third-order valence-electron chi connectivity index (χ3n) is 4.42. The molecule has 1 aliphatic heterocycles. The van der Waals surface area contributed by atoms with Gasteiger partial charge in [0.15, 0.2) is 0 Å². The number of rotatable bonds is 6. The Bertz CT molecular complexity index is 823. The van der Waals surface area contributed by atoms with E-state index in [4.69, 9.17) is 9.47 Å². The van der Waals surface area contributed by atoms with Crippen LogP contribution in [0.5, 0.6) is 0 Å². The van der Waals surface area contributed by atoms with Crippen molar-refractivity contribution in [1.82, 2.24) is 4.31 Å². The standard InChI is InChI=1S/C20H25NO5S/c1-16-7-9-20(10-8-16)27(23,24)21-11-18(22)14-26-19(12-21)15-25-13-17-5-3-2-4-6-17/h2-10,18-19,22H,11-15H2,1H3/t18-,19+/m0/s1. The van der Waals surface area contributed by atoms with Crippen molar-refractivity contribution in [2.45, 2.75) is 30.6 Å². The van der Waals surface area contributed by atoms with Crippen LogP contribution in [0.25, 0.3) is 0 Å². The lowest BCUT2D eigenvalue weighted by Gasteiger charge is -2.24. The van der Waals surface area contributed by atoms with Crippen molar-refractivity contribution in [1.29, 1.82) is 0 Å². The van der Waals surface area contributed by atoms with Crippen LogP contribution in [0.2, 0.25) is 0 Å². The van der Waals surface area contributed by atoms with Crippen LogP contribution in [-0.4, -0.2) is 56.3 Å². The average Bonchev–Trinajstić information content (AvgIpc) is 2.85. The Labute approximate surface area is 160 Å². The van der Waals surface area contributed by atoms with E-state index in [0.717, 1.165) is 11.1 Å². The van der Waals surface area contributed by atoms with E-state index in [-0.39, 0.29) is 31.2 Å². The zero-order chi connectivity index (χ0) is 19.3. The molecule has 3 rings (SSSR count). The van der Waals surface area contributed by atoms with Crippen LogP contribution in [0, 0.1) is 6.92 Å². The minimum Gasteiger partial charge on any atom is -0.389 e. The summed E-state index contributed by atoms with van der Waals surface area (Å²) in [6, 6.07) is 16.4. The van der Waals surface area contributed by atoms with E-state index < -0.39 is 22.2 Å². The fourth-order valence-electron chi connectivity index (χ4n) is 2.93. The Morgan fingerprint density at radius 1 is 1.11 bits per heavy atom. The quantitative estimate of drug-likeness (QED) is 0.815. The summed E-state index contributed by atoms with van der Waals surface area (Å²) in [4.78, 5) is 0.214. The summed E-state index contributed by atoms with van der Waals surface area (Å²) in [5.41, 5.74) is 2.02. The molecule has 0 unspecified atom stereocenters. The highest BCUT2D eigenvalue weighted by Crippen LogP contribution is 2.20. The molecule has 0 aliphatic carbocycles. The van der Waals surface area contributed by atoms with Crippen molar-refractivity contribution in [2.75, 3.05) is 26.3 Å². The Morgan fingerprint density at radius 3 is 2.52 bits per heavy atom. The number of β-amino-alcohol motifs (C(OH)–C–C–N with tert-alkyl or cyclic N) is 1. The molecule has 0 saturated carbocycles. The molecule has 2 aromatic carbocycles. The summed E-state index contributed by atoms with van der Waals surface area (Å²) in [6.07, 6.45) is -1.31. The molecule has 0 aromatic heterocycles. The smallest absolute Gasteiger partial charge is 0.243 e. The molecule has 2 aromatic rings. The maximum atomic E-state index is 13.0. The second-order valence-electron chi connectivity index (χ2n) is 6.74. The molecule has 1 heterocycles. The van der Waals surface area contributed by atoms with Gasteiger partial charge in [-0.25, -0.2) is 8.42 Å². The first-order valence-corrected chi connectivity index (χ1v) is 10.4. The Balaban J connectivity index is 1.66. The number of benzene rings is 2. The van der Waals surface area contributed by atoms with Crippen LogP contribution in [0.4, 0.5) is 0 Å². The lowest BCUT2D eigenvalue weighted by molar-refractivity contribution is -0.0359. The molecular formula is C20H25NO5S. The van der Waals surface area contributed by atoms with Gasteiger partial charge in [-0.1, -0.05) is 48.0 Å². The molecular weight excluding hydrogens is 366 g/mol. The van der Waals surface area contributed by atoms with Crippen molar-refractivity contribution < 1.29 is 23.0 Å². The first-order valence-electron chi connectivity index (χ1n) is 8.93. The van der Waals surface area contributed by atoms with Crippen molar-refractivity contribution in [3.05, 3.63) is 65.7 Å². The largest absolute Gasteiger partial charge is 0.389 e. The van der Waals surface area contributed by atoms with Gasteiger partial charge in [-0.05, 0) is 24.6 Å². The topological polar surface area (TPSA) is 76.1 Å². The maximum Gasteiger partial charge on any atom is 0.243 e. The molecule has 1 aliphatic rings. The van der Waals surface area contributed by atoms with E-state index in [1.165, 1.54) is 4.31 Å². The van der Waals surface area contributed by atoms with Crippen molar-refractivity contribution in [3.8, 4) is 0 Å². The number of hydrogen-bond donors (Lipinski definition) is 1. The van der Waals surface area contributed by atoms with Gasteiger partial charge in [-0.15, -0.1) is 0 Å². The highest BCUT2D eigenvalue weighted by molar-refractivity contribution is 7.89. The van der Waals surface area contributed by atoms with E-state index in [1.54, 1.807) is 24.3 Å². The maximum absolute atomic E-state index is 13.0. The van der Waals surface area contributed by atoms with E-state index in [1.807, 2.05) is 37.3 Å². The molecule has 1 N–H and O–H groups in total. The number of ether oxygens (including phenoxy) is 2. The Hall–Kier alpha value is -1.77. The molecule has 27 heavy (non-hydrogen) atoms. The molecule has 0 spiro atoms. The number of aliphatic hydroxyl groups is 1. The summed E-state index contributed by atoms with van der Waals surface area (Å²) in [6.45, 7) is 2.81. The number of sulfonamides is 1. The number of nitrogens with zero attached hydrogens (tertiary/aromatic N) is 1. The predicted octanol–water partition coefficient (Wildman–Crippen LogP) is 1.96. The molecule has 1 fully saturated rings. The van der Waals surface area contributed by atoms with Gasteiger partial charge in [0.2, 0.25) is 10.0 Å². The second kappa shape index (κ2) is 8.95. The highest BCUT2D eigenvalue weighted by Gasteiger charge is 2.32. The van der Waals surface area contributed by atoms with E-state index in [2.05, 4.69) is 0 Å². The van der Waals surface area contributed by atoms with Crippen LogP contribution >= 0.6 is 0 Å². The van der Waals surface area contributed by atoms with Crippen molar-refractivity contribution in [2.24, 2.45) is 0 Å². The summed E-state index contributed by atoms with van der Waals surface area (Å²) in [5.74, 6) is 0. The van der Waals surface area contributed by atoms with Gasteiger partial charge in [0.05, 0.1) is 36.9 Å². The van der Waals surface area contributed by atoms with Gasteiger partial charge in [0.1, 0.15) is 0 Å². The van der Waals surface area contributed by atoms with E-state index >= 15 is 0 Å². The summed E-state index contributed by atoms with van der Waals surface area (Å²) >= 11 is 0. The summed E-state index contributed by atoms with van der Waals surface area (Å²) in [5, 5.41) is 10.1. The SMILES string of the molecule is Cc1ccc(S(=O)(=O)N2C[C@H](O)CO[C@@H](COCc3ccccc3)C2)cc1. The Morgan fingerprint density at radius 2 is 1.81 bits per heavy atom. The summed E-state index contributed by atoms with van der Waals surface area (Å²) in [7, 11) is -3.71. The predicted molar refractivity (Wildman–Crippen MR) is 102 cm³/mol. The molecule has 1 saturated heterocycles. The molecule has 6 nitrogen and oxygen atoms in total. The van der Waals surface area contributed by atoms with Crippen LogP contribution in [0.15, 0.2) is 59.5 Å². The van der Waals surface area contributed by atoms with Crippen LogP contribution in [0.1, 0.15) is 11.1 Å². The molecule has 146 valence electrons. The first-order chi connectivity index (χ1) is 12.9. The Kier molecular flexibility index (Phi) is 6.62. The molecule has 2 atom stereocenters. The highest BCUT2D eigenvalue weighted by atomic mass is 32.2. The van der Waals surface area contributed by atoms with Gasteiger partial charge in [-0.3, -0.25) is 0 Å². The van der Waals surface area contributed by atoms with Gasteiger partial charge in [0, 0.05) is 13.1 Å². The van der Waals surface area contributed by atoms with Crippen molar-refractivity contribution >= 4 is 10.0 Å². The average molecular weight is 391 g/mol. The molecule has 0 radical (unpaired) electrons. The van der Waals surface area contributed by atoms with Gasteiger partial charge in [-0.2, -0.15) is 4.31 Å². The molecule has 7 heteroatoms. The minimum absolute atomic E-state index is 0.00535. The normalized spacial score (nSPS) is 21.7. The van der Waals surface area contributed by atoms with Gasteiger partial charge in [0.25, 0.3) is 0 Å². The molecule has 0 amide bonds. The van der Waals surface area contributed by atoms with Crippen LogP contribution in [0.3, 0.4) is 0 Å².